The van der Waals surface area contributed by atoms with Crippen LogP contribution in [0.15, 0.2) is 0 Å². The minimum atomic E-state index is 0.297. The summed E-state index contributed by atoms with van der Waals surface area (Å²) in [7, 11) is 0. The van der Waals surface area contributed by atoms with Gasteiger partial charge in [-0.25, -0.2) is 4.79 Å². The lowest BCUT2D eigenvalue weighted by atomic mass is 9.89. The number of urea groups is 1. The van der Waals surface area contributed by atoms with Crippen molar-refractivity contribution in [1.82, 2.24) is 9.80 Å². The van der Waals surface area contributed by atoms with Crippen LogP contribution >= 0.6 is 0 Å². The maximum absolute atomic E-state index is 12.4. The highest BCUT2D eigenvalue weighted by molar-refractivity contribution is 5.74. The van der Waals surface area contributed by atoms with Crippen molar-refractivity contribution in [3.63, 3.8) is 0 Å². The molecule has 17 heavy (non-hydrogen) atoms. The first-order valence-corrected chi connectivity index (χ1v) is 7.22. The summed E-state index contributed by atoms with van der Waals surface area (Å²) in [6.07, 6.45) is 6.12. The van der Waals surface area contributed by atoms with Gasteiger partial charge < -0.3 is 9.80 Å². The van der Waals surface area contributed by atoms with Crippen LogP contribution in [0.2, 0.25) is 0 Å². The fourth-order valence-electron chi connectivity index (χ4n) is 2.90. The van der Waals surface area contributed by atoms with Crippen LogP contribution in [0.5, 0.6) is 0 Å². The topological polar surface area (TPSA) is 23.6 Å². The van der Waals surface area contributed by atoms with Crippen LogP contribution in [0.4, 0.5) is 4.79 Å². The summed E-state index contributed by atoms with van der Waals surface area (Å²) < 4.78 is 0. The van der Waals surface area contributed by atoms with Crippen LogP contribution in [0.1, 0.15) is 46.0 Å². The molecule has 0 aromatic carbocycles. The van der Waals surface area contributed by atoms with Gasteiger partial charge in [0, 0.05) is 26.2 Å². The third-order valence-corrected chi connectivity index (χ3v) is 4.48. The van der Waals surface area contributed by atoms with E-state index in [0.717, 1.165) is 32.1 Å². The number of carbonyl (C=O) groups excluding carboxylic acids is 1. The van der Waals surface area contributed by atoms with Crippen LogP contribution in [0, 0.1) is 11.8 Å². The van der Waals surface area contributed by atoms with Gasteiger partial charge in [-0.05, 0) is 31.1 Å². The second-order valence-corrected chi connectivity index (χ2v) is 5.87. The van der Waals surface area contributed by atoms with Crippen LogP contribution < -0.4 is 0 Å². The number of nitrogens with zero attached hydrogens (tertiary/aromatic N) is 2. The first-order chi connectivity index (χ1) is 8.18. The van der Waals surface area contributed by atoms with E-state index in [1.54, 1.807) is 0 Å². The van der Waals surface area contributed by atoms with E-state index < -0.39 is 0 Å². The smallest absolute Gasteiger partial charge is 0.320 e. The van der Waals surface area contributed by atoms with Gasteiger partial charge in [-0.1, -0.05) is 26.7 Å². The molecule has 98 valence electrons. The summed E-state index contributed by atoms with van der Waals surface area (Å²) in [5.74, 6) is 1.42. The van der Waals surface area contributed by atoms with Gasteiger partial charge in [0.25, 0.3) is 0 Å². The zero-order valence-electron chi connectivity index (χ0n) is 11.3. The molecule has 2 amide bonds. The van der Waals surface area contributed by atoms with Crippen molar-refractivity contribution in [2.75, 3.05) is 26.2 Å². The van der Waals surface area contributed by atoms with Gasteiger partial charge in [0.1, 0.15) is 0 Å². The molecule has 2 saturated heterocycles. The molecule has 2 aliphatic heterocycles. The third-order valence-electron chi connectivity index (χ3n) is 4.48. The molecule has 3 heteroatoms. The SMILES string of the molecule is CC1CCN(C(=O)N2CCCCCC2)CC1C. The molecule has 0 aromatic rings. The molecule has 0 spiro atoms. The van der Waals surface area contributed by atoms with Crippen molar-refractivity contribution in [3.8, 4) is 0 Å². The van der Waals surface area contributed by atoms with Crippen LogP contribution in [0.3, 0.4) is 0 Å². The minimum absolute atomic E-state index is 0.297. The first kappa shape index (κ1) is 12.7. The van der Waals surface area contributed by atoms with E-state index in [4.69, 9.17) is 0 Å². The lowest BCUT2D eigenvalue weighted by molar-refractivity contribution is 0.114. The molecule has 0 saturated carbocycles. The standard InChI is InChI=1S/C14H26N2O/c1-12-7-10-16(11-13(12)2)14(17)15-8-5-3-4-6-9-15/h12-13H,3-11H2,1-2H3. The largest absolute Gasteiger partial charge is 0.325 e. The van der Waals surface area contributed by atoms with Crippen molar-refractivity contribution in [2.45, 2.75) is 46.0 Å². The van der Waals surface area contributed by atoms with Gasteiger partial charge in [-0.15, -0.1) is 0 Å². The maximum atomic E-state index is 12.4. The van der Waals surface area contributed by atoms with Gasteiger partial charge in [-0.2, -0.15) is 0 Å². The molecular weight excluding hydrogens is 212 g/mol. The quantitative estimate of drug-likeness (QED) is 0.636. The lowest BCUT2D eigenvalue weighted by Crippen LogP contribution is -2.49. The fourth-order valence-corrected chi connectivity index (χ4v) is 2.90. The molecule has 3 nitrogen and oxygen atoms in total. The zero-order valence-corrected chi connectivity index (χ0v) is 11.3. The fraction of sp³-hybridized carbons (Fsp3) is 0.929. The number of piperidine rings is 1. The van der Waals surface area contributed by atoms with Crippen LogP contribution in [-0.4, -0.2) is 42.0 Å². The van der Waals surface area contributed by atoms with Crippen molar-refractivity contribution >= 4 is 6.03 Å². The molecule has 2 aliphatic rings. The zero-order chi connectivity index (χ0) is 12.3. The molecule has 0 radical (unpaired) electrons. The molecular formula is C14H26N2O. The molecule has 0 aliphatic carbocycles. The third kappa shape index (κ3) is 3.14. The van der Waals surface area contributed by atoms with Gasteiger partial charge >= 0.3 is 6.03 Å². The van der Waals surface area contributed by atoms with Crippen molar-refractivity contribution in [2.24, 2.45) is 11.8 Å². The number of likely N-dealkylation sites (tertiary alicyclic amines) is 2. The van der Waals surface area contributed by atoms with Crippen LogP contribution in [-0.2, 0) is 0 Å². The minimum Gasteiger partial charge on any atom is -0.325 e. The molecule has 0 aromatic heterocycles. The summed E-state index contributed by atoms with van der Waals surface area (Å²) in [5, 5.41) is 0. The molecule has 2 rings (SSSR count). The molecule has 0 N–H and O–H groups in total. The average molecular weight is 238 g/mol. The maximum Gasteiger partial charge on any atom is 0.320 e. The van der Waals surface area contributed by atoms with Crippen molar-refractivity contribution < 1.29 is 4.79 Å². The Balaban J connectivity index is 1.90. The lowest BCUT2D eigenvalue weighted by Gasteiger charge is -2.38. The van der Waals surface area contributed by atoms with Gasteiger partial charge in [0.05, 0.1) is 0 Å². The van der Waals surface area contributed by atoms with E-state index in [1.165, 1.54) is 32.1 Å². The Kier molecular flexibility index (Phi) is 4.30. The van der Waals surface area contributed by atoms with E-state index in [-0.39, 0.29) is 0 Å². The van der Waals surface area contributed by atoms with Crippen LogP contribution in [0.25, 0.3) is 0 Å². The number of hydrogen-bond donors (Lipinski definition) is 0. The monoisotopic (exact) mass is 238 g/mol. The predicted molar refractivity (Wildman–Crippen MR) is 70.0 cm³/mol. The van der Waals surface area contributed by atoms with Gasteiger partial charge in [0.2, 0.25) is 0 Å². The molecule has 2 heterocycles. The Morgan fingerprint density at radius 1 is 0.882 bits per heavy atom. The Morgan fingerprint density at radius 3 is 2.12 bits per heavy atom. The summed E-state index contributed by atoms with van der Waals surface area (Å²) in [6, 6.07) is 0.297. The van der Waals surface area contributed by atoms with E-state index >= 15 is 0 Å². The van der Waals surface area contributed by atoms with E-state index in [2.05, 4.69) is 23.6 Å². The highest BCUT2D eigenvalue weighted by atomic mass is 16.2. The Hall–Kier alpha value is -0.730. The number of carbonyl (C=O) groups is 1. The second kappa shape index (κ2) is 5.74. The molecule has 0 bridgehead atoms. The predicted octanol–water partition coefficient (Wildman–Crippen LogP) is 2.96. The second-order valence-electron chi connectivity index (χ2n) is 5.87. The van der Waals surface area contributed by atoms with Gasteiger partial charge in [-0.3, -0.25) is 0 Å². The van der Waals surface area contributed by atoms with Crippen molar-refractivity contribution in [3.05, 3.63) is 0 Å². The van der Waals surface area contributed by atoms with E-state index in [9.17, 15) is 4.79 Å². The van der Waals surface area contributed by atoms with Gasteiger partial charge in [0.15, 0.2) is 0 Å². The van der Waals surface area contributed by atoms with E-state index in [0.29, 0.717) is 11.9 Å². The molecule has 2 atom stereocenters. The summed E-state index contributed by atoms with van der Waals surface area (Å²) in [6.45, 7) is 8.43. The normalized spacial score (nSPS) is 31.2. The molecule has 2 unspecified atom stereocenters. The highest BCUT2D eigenvalue weighted by Gasteiger charge is 2.28. The van der Waals surface area contributed by atoms with E-state index in [1.807, 2.05) is 0 Å². The summed E-state index contributed by atoms with van der Waals surface area (Å²) >= 11 is 0. The number of amides is 2. The number of rotatable bonds is 0. The Morgan fingerprint density at radius 2 is 1.53 bits per heavy atom. The summed E-state index contributed by atoms with van der Waals surface area (Å²) in [4.78, 5) is 16.6. The summed E-state index contributed by atoms with van der Waals surface area (Å²) in [5.41, 5.74) is 0. The average Bonchev–Trinajstić information content (AvgIpc) is 2.60. The Bertz CT molecular complexity index is 259. The first-order valence-electron chi connectivity index (χ1n) is 7.22. The number of hydrogen-bond acceptors (Lipinski definition) is 1. The van der Waals surface area contributed by atoms with Crippen molar-refractivity contribution in [1.29, 1.82) is 0 Å². The Labute approximate surface area is 105 Å². The molecule has 2 fully saturated rings. The highest BCUT2D eigenvalue weighted by Crippen LogP contribution is 2.23.